The van der Waals surface area contributed by atoms with Crippen LogP contribution in [0.2, 0.25) is 5.02 Å². The van der Waals surface area contributed by atoms with Crippen LogP contribution in [0.5, 0.6) is 0 Å². The van der Waals surface area contributed by atoms with Crippen molar-refractivity contribution < 1.29 is 33.7 Å². The highest BCUT2D eigenvalue weighted by Gasteiger charge is 2.47. The summed E-state index contributed by atoms with van der Waals surface area (Å²) in [4.78, 5) is -1.70. The highest BCUT2D eigenvalue weighted by atomic mass is 35.5. The molecule has 0 fully saturated rings. The third-order valence-corrected chi connectivity index (χ3v) is 15.9. The Morgan fingerprint density at radius 3 is 1.04 bits per heavy atom. The van der Waals surface area contributed by atoms with Crippen LogP contribution in [0, 0.1) is 0 Å². The molecule has 5 aromatic carbocycles. The van der Waals surface area contributed by atoms with E-state index in [1.807, 2.05) is 0 Å². The average Bonchev–Trinajstić information content (AvgIpc) is 3.08. The Balaban J connectivity index is 1.84. The first kappa shape index (κ1) is 34.4. The molecule has 5 aromatic rings. The summed E-state index contributed by atoms with van der Waals surface area (Å²) in [5.41, 5.74) is -0.0510. The molecule has 0 radical (unpaired) electrons. The van der Waals surface area contributed by atoms with Crippen LogP contribution in [0.4, 0.5) is 0 Å². The van der Waals surface area contributed by atoms with Gasteiger partial charge in [-0.3, -0.25) is 0 Å². The van der Waals surface area contributed by atoms with Gasteiger partial charge in [0.1, 0.15) is 0 Å². The van der Waals surface area contributed by atoms with E-state index >= 15 is 0 Å². The van der Waals surface area contributed by atoms with Crippen LogP contribution < -0.4 is 0 Å². The first-order chi connectivity index (χ1) is 22.3. The van der Waals surface area contributed by atoms with Crippen molar-refractivity contribution in [3.05, 3.63) is 156 Å². The zero-order chi connectivity index (χ0) is 33.9. The van der Waals surface area contributed by atoms with Crippen molar-refractivity contribution >= 4 is 51.7 Å². The van der Waals surface area contributed by atoms with Gasteiger partial charge < -0.3 is 0 Å². The summed E-state index contributed by atoms with van der Waals surface area (Å²) in [6, 6.07) is 30.1. The summed E-state index contributed by atoms with van der Waals surface area (Å²) in [6.07, 6.45) is 0. The first-order valence-electron chi connectivity index (χ1n) is 13.8. The van der Waals surface area contributed by atoms with E-state index < -0.39 is 72.3 Å². The van der Waals surface area contributed by atoms with Crippen molar-refractivity contribution in [1.82, 2.24) is 7.42 Å². The van der Waals surface area contributed by atoms with Gasteiger partial charge in [0.25, 0.3) is 40.1 Å². The smallest absolute Gasteiger partial charge is 0.206 e. The van der Waals surface area contributed by atoms with E-state index in [1.165, 1.54) is 146 Å². The lowest BCUT2D eigenvalue weighted by molar-refractivity contribution is 0.383. The first-order valence-corrected chi connectivity index (χ1v) is 19.9. The van der Waals surface area contributed by atoms with Crippen LogP contribution >= 0.6 is 11.6 Å². The van der Waals surface area contributed by atoms with Gasteiger partial charge in [0, 0.05) is 5.02 Å². The molecule has 0 aliphatic rings. The molecule has 0 bridgehead atoms. The summed E-state index contributed by atoms with van der Waals surface area (Å²) < 4.78 is 115. The lowest BCUT2D eigenvalue weighted by atomic mass is 10.1. The maximum Gasteiger partial charge on any atom is 0.256 e. The van der Waals surface area contributed by atoms with Gasteiger partial charge in [-0.1, -0.05) is 104 Å². The van der Waals surface area contributed by atoms with E-state index in [1.54, 1.807) is 0 Å². The molecule has 47 heavy (non-hydrogen) atoms. The molecule has 0 saturated heterocycles. The van der Waals surface area contributed by atoms with Gasteiger partial charge in [0.05, 0.1) is 32.2 Å². The van der Waals surface area contributed by atoms with E-state index in [9.17, 15) is 33.7 Å². The summed E-state index contributed by atoms with van der Waals surface area (Å²) in [5, 5.41) is 0.210. The quantitative estimate of drug-likeness (QED) is 0.163. The van der Waals surface area contributed by atoms with Gasteiger partial charge in [-0.05, 0) is 66.2 Å². The highest BCUT2D eigenvalue weighted by molar-refractivity contribution is 8.04. The van der Waals surface area contributed by atoms with Gasteiger partial charge in [-0.2, -0.15) is 0 Å². The Kier molecular flexibility index (Phi) is 10.0. The van der Waals surface area contributed by atoms with Gasteiger partial charge in [-0.25, -0.2) is 33.7 Å². The number of nitrogens with zero attached hydrogens (tertiary/aromatic N) is 2. The van der Waals surface area contributed by atoms with Crippen LogP contribution in [-0.4, -0.2) is 47.6 Å². The van der Waals surface area contributed by atoms with Gasteiger partial charge in [0.2, 0.25) is 0 Å². The Hall–Kier alpha value is -3.89. The van der Waals surface area contributed by atoms with Crippen LogP contribution in [-0.2, 0) is 40.1 Å². The largest absolute Gasteiger partial charge is 0.256 e. The number of halogens is 1. The topological polar surface area (TPSA) is 143 Å². The molecule has 0 aliphatic carbocycles. The summed E-state index contributed by atoms with van der Waals surface area (Å²) in [7, 11) is -20.0. The molecular weight excluding hydrogens is 704 g/mol. The molecule has 0 saturated carbocycles. The molecule has 0 aliphatic heterocycles. The molecule has 0 aromatic heterocycles. The lowest BCUT2D eigenvalue weighted by Crippen LogP contribution is -2.47. The minimum Gasteiger partial charge on any atom is -0.206 e. The van der Waals surface area contributed by atoms with Crippen LogP contribution in [0.1, 0.15) is 11.6 Å². The van der Waals surface area contributed by atoms with E-state index in [0.29, 0.717) is 0 Å². The minimum atomic E-state index is -5.03. The van der Waals surface area contributed by atoms with Crippen molar-refractivity contribution in [2.24, 2.45) is 0 Å². The van der Waals surface area contributed by atoms with Crippen molar-refractivity contribution in [1.29, 1.82) is 0 Å². The Morgan fingerprint density at radius 1 is 0.426 bits per heavy atom. The predicted molar refractivity (Wildman–Crippen MR) is 177 cm³/mol. The molecular formula is C32H27ClN2O8S4. The number of hydrogen-bond donors (Lipinski definition) is 0. The minimum absolute atomic E-state index is 0.0510. The SMILES string of the molecule is O=S(=O)(c1ccccc1)N(CC(c1ccc(Cl)cc1)N(S(=O)(=O)c1ccccc1)S(=O)(=O)c1ccccc1)S(=O)(=O)c1ccccc1. The molecule has 1 atom stereocenters. The summed E-state index contributed by atoms with van der Waals surface area (Å²) in [5.74, 6) is 0. The van der Waals surface area contributed by atoms with Crippen LogP contribution in [0.15, 0.2) is 165 Å². The Morgan fingerprint density at radius 2 is 0.723 bits per heavy atom. The Labute approximate surface area is 279 Å². The molecule has 0 heterocycles. The predicted octanol–water partition coefficient (Wildman–Crippen LogP) is 5.54. The maximum atomic E-state index is 14.5. The molecule has 10 nitrogen and oxygen atoms in total. The molecule has 244 valence electrons. The lowest BCUT2D eigenvalue weighted by Gasteiger charge is -2.33. The van der Waals surface area contributed by atoms with E-state index in [2.05, 4.69) is 0 Å². The number of rotatable bonds is 12. The molecule has 0 N–H and O–H groups in total. The van der Waals surface area contributed by atoms with Crippen LogP contribution in [0.25, 0.3) is 0 Å². The Bertz CT molecular complexity index is 2140. The summed E-state index contributed by atoms with van der Waals surface area (Å²) >= 11 is 6.13. The standard InChI is InChI=1S/C32H27ClN2O8S4/c33-27-23-21-26(22-24-27)32(35(46(40,41)30-17-9-3-10-18-30)47(42,43)31-19-11-4-12-20-31)25-34(44(36,37)28-13-5-1-6-14-28)45(38,39)29-15-7-2-8-16-29/h1-24,32H,25H2. The number of hydrogen-bond acceptors (Lipinski definition) is 8. The van der Waals surface area contributed by atoms with Gasteiger partial charge in [0.15, 0.2) is 0 Å². The fourth-order valence-electron chi connectivity index (χ4n) is 4.72. The second kappa shape index (κ2) is 13.7. The normalized spacial score (nSPS) is 13.4. The zero-order valence-corrected chi connectivity index (χ0v) is 28.3. The van der Waals surface area contributed by atoms with E-state index in [0.717, 1.165) is 0 Å². The van der Waals surface area contributed by atoms with Crippen LogP contribution in [0.3, 0.4) is 0 Å². The van der Waals surface area contributed by atoms with E-state index in [4.69, 9.17) is 11.6 Å². The summed E-state index contributed by atoms with van der Waals surface area (Å²) in [6.45, 7) is -1.17. The monoisotopic (exact) mass is 730 g/mol. The second-order valence-corrected chi connectivity index (χ2v) is 18.3. The molecule has 15 heteroatoms. The molecule has 5 rings (SSSR count). The molecule has 1 unspecified atom stereocenters. The average molecular weight is 731 g/mol. The van der Waals surface area contributed by atoms with Crippen molar-refractivity contribution in [2.45, 2.75) is 25.6 Å². The number of sulfonamides is 4. The maximum absolute atomic E-state index is 14.5. The zero-order valence-electron chi connectivity index (χ0n) is 24.3. The fourth-order valence-corrected chi connectivity index (χ4v) is 12.6. The highest BCUT2D eigenvalue weighted by Crippen LogP contribution is 2.37. The van der Waals surface area contributed by atoms with E-state index in [-0.39, 0.29) is 18.0 Å². The van der Waals surface area contributed by atoms with Crippen molar-refractivity contribution in [3.8, 4) is 0 Å². The fraction of sp³-hybridized carbons (Fsp3) is 0.0625. The van der Waals surface area contributed by atoms with Gasteiger partial charge >= 0.3 is 0 Å². The third kappa shape index (κ3) is 7.04. The van der Waals surface area contributed by atoms with Crippen molar-refractivity contribution in [3.63, 3.8) is 0 Å². The number of benzene rings is 5. The van der Waals surface area contributed by atoms with Crippen molar-refractivity contribution in [2.75, 3.05) is 6.54 Å². The van der Waals surface area contributed by atoms with Gasteiger partial charge in [-0.15, -0.1) is 0 Å². The second-order valence-electron chi connectivity index (χ2n) is 10.0. The molecule has 0 amide bonds. The molecule has 0 spiro atoms. The third-order valence-electron chi connectivity index (χ3n) is 7.01.